The van der Waals surface area contributed by atoms with Crippen molar-refractivity contribution in [2.75, 3.05) is 46.1 Å². The van der Waals surface area contributed by atoms with E-state index in [2.05, 4.69) is 0 Å². The molecule has 1 heterocycles. The maximum Gasteiger partial charge on any atom is 0.134 e. The summed E-state index contributed by atoms with van der Waals surface area (Å²) in [6, 6.07) is 7.73. The van der Waals surface area contributed by atoms with Crippen molar-refractivity contribution in [3.63, 3.8) is 0 Å². The fourth-order valence-electron chi connectivity index (χ4n) is 2.27. The Balaban J connectivity index is 1.92. The van der Waals surface area contributed by atoms with Crippen LogP contribution in [0.4, 0.5) is 0 Å². The van der Waals surface area contributed by atoms with Crippen molar-refractivity contribution < 1.29 is 19.7 Å². The molecule has 5 nitrogen and oxygen atoms in total. The van der Waals surface area contributed by atoms with Gasteiger partial charge in [0.25, 0.3) is 0 Å². The van der Waals surface area contributed by atoms with Crippen LogP contribution in [0.2, 0.25) is 0 Å². The van der Waals surface area contributed by atoms with Crippen LogP contribution in [0.1, 0.15) is 5.56 Å². The van der Waals surface area contributed by atoms with Gasteiger partial charge < -0.3 is 19.7 Å². The maximum absolute atomic E-state index is 10.6. The van der Waals surface area contributed by atoms with E-state index in [1.165, 1.54) is 5.56 Å². The first kappa shape index (κ1) is 15.3. The fraction of sp³-hybridized carbons (Fsp3) is 0.600. The van der Waals surface area contributed by atoms with Gasteiger partial charge in [0.05, 0.1) is 19.8 Å². The van der Waals surface area contributed by atoms with E-state index >= 15 is 0 Å². The highest BCUT2D eigenvalue weighted by Crippen LogP contribution is 2.17. The van der Waals surface area contributed by atoms with E-state index in [4.69, 9.17) is 14.6 Å². The number of aliphatic hydroxyl groups excluding tert-OH is 1. The van der Waals surface area contributed by atoms with E-state index < -0.39 is 5.60 Å². The summed E-state index contributed by atoms with van der Waals surface area (Å²) in [5.74, 6) is 0.738. The molecule has 1 atom stereocenters. The van der Waals surface area contributed by atoms with Crippen LogP contribution in [-0.4, -0.2) is 66.8 Å². The van der Waals surface area contributed by atoms with Gasteiger partial charge in [-0.2, -0.15) is 0 Å². The lowest BCUT2D eigenvalue weighted by Gasteiger charge is -2.30. The molecule has 5 heteroatoms. The SMILES string of the molecule is Cc1ccc(OC[C@@]2(O)COCCN(CCO)C2)cc1. The van der Waals surface area contributed by atoms with E-state index in [0.29, 0.717) is 26.2 Å². The van der Waals surface area contributed by atoms with Gasteiger partial charge in [0.2, 0.25) is 0 Å². The second-order valence-corrected chi connectivity index (χ2v) is 5.38. The van der Waals surface area contributed by atoms with Gasteiger partial charge in [0.15, 0.2) is 0 Å². The molecule has 0 unspecified atom stereocenters. The zero-order chi connectivity index (χ0) is 14.4. The van der Waals surface area contributed by atoms with Crippen LogP contribution in [0.25, 0.3) is 0 Å². The first-order valence-corrected chi connectivity index (χ1v) is 6.94. The molecule has 0 bridgehead atoms. The predicted molar refractivity (Wildman–Crippen MR) is 76.0 cm³/mol. The summed E-state index contributed by atoms with van der Waals surface area (Å²) < 4.78 is 11.1. The molecule has 0 amide bonds. The topological polar surface area (TPSA) is 62.2 Å². The van der Waals surface area contributed by atoms with Gasteiger partial charge >= 0.3 is 0 Å². The molecule has 1 saturated heterocycles. The average molecular weight is 281 g/mol. The molecule has 2 N–H and O–H groups in total. The van der Waals surface area contributed by atoms with Crippen LogP contribution in [0.15, 0.2) is 24.3 Å². The summed E-state index contributed by atoms with van der Waals surface area (Å²) in [5.41, 5.74) is 0.124. The van der Waals surface area contributed by atoms with Crippen LogP contribution in [-0.2, 0) is 4.74 Å². The Hall–Kier alpha value is -1.14. The number of ether oxygens (including phenoxy) is 2. The van der Waals surface area contributed by atoms with Crippen molar-refractivity contribution in [1.29, 1.82) is 0 Å². The van der Waals surface area contributed by atoms with Crippen molar-refractivity contribution in [3.05, 3.63) is 29.8 Å². The molecular formula is C15H23NO4. The smallest absolute Gasteiger partial charge is 0.134 e. The van der Waals surface area contributed by atoms with Gasteiger partial charge in [-0.15, -0.1) is 0 Å². The second kappa shape index (κ2) is 7.04. The number of β-amino-alcohol motifs (C(OH)–C–C–N with tert-alkyl or cyclic N) is 2. The molecule has 1 aliphatic heterocycles. The van der Waals surface area contributed by atoms with Crippen molar-refractivity contribution in [3.8, 4) is 5.75 Å². The van der Waals surface area contributed by atoms with Crippen LogP contribution >= 0.6 is 0 Å². The summed E-state index contributed by atoms with van der Waals surface area (Å²) in [6.07, 6.45) is 0. The molecule has 1 aliphatic rings. The molecular weight excluding hydrogens is 258 g/mol. The van der Waals surface area contributed by atoms with Crippen molar-refractivity contribution >= 4 is 0 Å². The third kappa shape index (κ3) is 4.45. The number of aryl methyl sites for hydroxylation is 1. The minimum Gasteiger partial charge on any atom is -0.490 e. The number of rotatable bonds is 5. The van der Waals surface area contributed by atoms with Crippen molar-refractivity contribution in [2.45, 2.75) is 12.5 Å². The molecule has 1 fully saturated rings. The van der Waals surface area contributed by atoms with Crippen molar-refractivity contribution in [1.82, 2.24) is 4.90 Å². The highest BCUT2D eigenvalue weighted by atomic mass is 16.5. The predicted octanol–water partition coefficient (Wildman–Crippen LogP) is 0.429. The highest BCUT2D eigenvalue weighted by molar-refractivity contribution is 5.26. The second-order valence-electron chi connectivity index (χ2n) is 5.38. The Morgan fingerprint density at radius 2 is 2.10 bits per heavy atom. The normalized spacial score (nSPS) is 24.4. The molecule has 112 valence electrons. The lowest BCUT2D eigenvalue weighted by molar-refractivity contribution is -0.0647. The van der Waals surface area contributed by atoms with Gasteiger partial charge in [-0.3, -0.25) is 4.90 Å². The number of benzene rings is 1. The summed E-state index contributed by atoms with van der Waals surface area (Å²) in [4.78, 5) is 1.99. The molecule has 0 aliphatic carbocycles. The molecule has 20 heavy (non-hydrogen) atoms. The largest absolute Gasteiger partial charge is 0.490 e. The molecule has 1 aromatic carbocycles. The van der Waals surface area contributed by atoms with Gasteiger partial charge in [-0.25, -0.2) is 0 Å². The first-order chi connectivity index (χ1) is 9.61. The van der Waals surface area contributed by atoms with E-state index in [1.54, 1.807) is 0 Å². The highest BCUT2D eigenvalue weighted by Gasteiger charge is 2.33. The fourth-order valence-corrected chi connectivity index (χ4v) is 2.27. The average Bonchev–Trinajstić information content (AvgIpc) is 2.61. The summed E-state index contributed by atoms with van der Waals surface area (Å²) >= 11 is 0. The van der Waals surface area contributed by atoms with Crippen LogP contribution in [0.5, 0.6) is 5.75 Å². The minimum atomic E-state index is -1.05. The first-order valence-electron chi connectivity index (χ1n) is 6.94. The third-order valence-corrected chi connectivity index (χ3v) is 3.39. The molecule has 0 aromatic heterocycles. The van der Waals surface area contributed by atoms with Gasteiger partial charge in [0, 0.05) is 19.6 Å². The van der Waals surface area contributed by atoms with E-state index in [1.807, 2.05) is 36.1 Å². The molecule has 1 aromatic rings. The standard InChI is InChI=1S/C15H23NO4/c1-13-2-4-14(5-3-13)20-12-15(18)10-16(6-8-17)7-9-19-11-15/h2-5,17-18H,6-12H2,1H3/t15-/m0/s1. The Bertz CT molecular complexity index is 409. The number of hydrogen-bond acceptors (Lipinski definition) is 5. The summed E-state index contributed by atoms with van der Waals surface area (Å²) in [5, 5.41) is 19.6. The quantitative estimate of drug-likeness (QED) is 0.819. The van der Waals surface area contributed by atoms with Gasteiger partial charge in [-0.05, 0) is 19.1 Å². The van der Waals surface area contributed by atoms with Gasteiger partial charge in [-0.1, -0.05) is 17.7 Å². The Labute approximate surface area is 119 Å². The molecule has 0 spiro atoms. The number of aliphatic hydroxyl groups is 2. The van der Waals surface area contributed by atoms with Crippen LogP contribution in [0, 0.1) is 6.92 Å². The molecule has 0 radical (unpaired) electrons. The summed E-state index contributed by atoms with van der Waals surface area (Å²) in [7, 11) is 0. The minimum absolute atomic E-state index is 0.0783. The third-order valence-electron chi connectivity index (χ3n) is 3.39. The lowest BCUT2D eigenvalue weighted by atomic mass is 10.1. The van der Waals surface area contributed by atoms with Crippen LogP contribution < -0.4 is 4.74 Å². The van der Waals surface area contributed by atoms with E-state index in [-0.39, 0.29) is 19.8 Å². The van der Waals surface area contributed by atoms with Crippen molar-refractivity contribution in [2.24, 2.45) is 0 Å². The zero-order valence-electron chi connectivity index (χ0n) is 11.9. The number of nitrogens with zero attached hydrogens (tertiary/aromatic N) is 1. The van der Waals surface area contributed by atoms with E-state index in [0.717, 1.165) is 5.75 Å². The Morgan fingerprint density at radius 3 is 2.80 bits per heavy atom. The van der Waals surface area contributed by atoms with Crippen LogP contribution in [0.3, 0.4) is 0 Å². The monoisotopic (exact) mass is 281 g/mol. The Kier molecular flexibility index (Phi) is 5.37. The maximum atomic E-state index is 10.6. The number of hydrogen-bond donors (Lipinski definition) is 2. The Morgan fingerprint density at radius 1 is 1.35 bits per heavy atom. The summed E-state index contributed by atoms with van der Waals surface area (Å²) in [6.45, 7) is 4.78. The molecule has 2 rings (SSSR count). The zero-order valence-corrected chi connectivity index (χ0v) is 11.9. The van der Waals surface area contributed by atoms with Gasteiger partial charge in [0.1, 0.15) is 18.0 Å². The van der Waals surface area contributed by atoms with E-state index in [9.17, 15) is 5.11 Å². The lowest BCUT2D eigenvalue weighted by Crippen LogP contribution is -2.49. The molecule has 0 saturated carbocycles.